The summed E-state index contributed by atoms with van der Waals surface area (Å²) in [4.78, 5) is 4.04. The molecule has 0 aliphatic heterocycles. The van der Waals surface area contributed by atoms with E-state index in [2.05, 4.69) is 33.2 Å². The molecule has 1 aliphatic carbocycles. The number of hydrogen-bond donors (Lipinski definition) is 2. The first-order valence-electron chi connectivity index (χ1n) is 5.82. The van der Waals surface area contributed by atoms with Crippen LogP contribution in [0, 0.1) is 5.92 Å². The van der Waals surface area contributed by atoms with Gasteiger partial charge in [0, 0.05) is 12.2 Å². The third-order valence-corrected chi connectivity index (χ3v) is 3.89. The second-order valence-corrected chi connectivity index (χ2v) is 5.54. The summed E-state index contributed by atoms with van der Waals surface area (Å²) in [5.41, 5.74) is 7.62. The highest BCUT2D eigenvalue weighted by molar-refractivity contribution is 9.10. The molecule has 0 amide bonds. The van der Waals surface area contributed by atoms with E-state index in [-0.39, 0.29) is 0 Å². The van der Waals surface area contributed by atoms with E-state index in [1.54, 1.807) is 12.4 Å². The molecule has 1 aromatic heterocycles. The molecule has 88 valence electrons. The number of nitrogens with zero attached hydrogens (tertiary/aromatic N) is 1. The molecule has 0 aromatic carbocycles. The van der Waals surface area contributed by atoms with Gasteiger partial charge in [-0.15, -0.1) is 0 Å². The predicted octanol–water partition coefficient (Wildman–Crippen LogP) is 3.42. The fourth-order valence-corrected chi connectivity index (χ4v) is 2.67. The molecule has 1 saturated carbocycles. The van der Waals surface area contributed by atoms with Crippen LogP contribution in [0.1, 0.15) is 32.6 Å². The molecule has 0 saturated heterocycles. The number of pyridine rings is 1. The smallest absolute Gasteiger partial charge is 0.0752 e. The summed E-state index contributed by atoms with van der Waals surface area (Å²) in [7, 11) is 0. The molecule has 1 heterocycles. The monoisotopic (exact) mass is 283 g/mol. The van der Waals surface area contributed by atoms with Gasteiger partial charge >= 0.3 is 0 Å². The molecule has 1 aliphatic rings. The Bertz CT molecular complexity index is 339. The van der Waals surface area contributed by atoms with E-state index in [9.17, 15) is 0 Å². The van der Waals surface area contributed by atoms with Crippen LogP contribution in [-0.2, 0) is 0 Å². The zero-order valence-corrected chi connectivity index (χ0v) is 11.1. The summed E-state index contributed by atoms with van der Waals surface area (Å²) in [5, 5.41) is 3.53. The average molecular weight is 284 g/mol. The highest BCUT2D eigenvalue weighted by Gasteiger charge is 2.19. The van der Waals surface area contributed by atoms with Gasteiger partial charge in [0.25, 0.3) is 0 Å². The number of anilines is 2. The maximum atomic E-state index is 5.91. The van der Waals surface area contributed by atoms with Crippen LogP contribution in [0.15, 0.2) is 16.9 Å². The van der Waals surface area contributed by atoms with Crippen LogP contribution in [0.4, 0.5) is 11.4 Å². The quantitative estimate of drug-likeness (QED) is 0.875. The van der Waals surface area contributed by atoms with Crippen molar-refractivity contribution >= 4 is 27.3 Å². The molecular weight excluding hydrogens is 266 g/mol. The van der Waals surface area contributed by atoms with Gasteiger partial charge in [-0.05, 0) is 47.5 Å². The van der Waals surface area contributed by atoms with Crippen LogP contribution in [0.25, 0.3) is 0 Å². The van der Waals surface area contributed by atoms with Gasteiger partial charge in [0.15, 0.2) is 0 Å². The lowest BCUT2D eigenvalue weighted by Gasteiger charge is -2.28. The minimum Gasteiger partial charge on any atom is -0.396 e. The van der Waals surface area contributed by atoms with Crippen LogP contribution in [0.3, 0.4) is 0 Å². The fourth-order valence-electron chi connectivity index (χ4n) is 2.21. The predicted molar refractivity (Wildman–Crippen MR) is 71.4 cm³/mol. The minimum absolute atomic E-state index is 0.553. The zero-order chi connectivity index (χ0) is 11.5. The lowest BCUT2D eigenvalue weighted by atomic mass is 9.87. The molecule has 0 bridgehead atoms. The van der Waals surface area contributed by atoms with Crippen LogP contribution in [0.5, 0.6) is 0 Å². The van der Waals surface area contributed by atoms with Gasteiger partial charge in [-0.3, -0.25) is 4.98 Å². The lowest BCUT2D eigenvalue weighted by molar-refractivity contribution is 0.361. The maximum absolute atomic E-state index is 5.91. The number of halogens is 1. The van der Waals surface area contributed by atoms with E-state index >= 15 is 0 Å². The Morgan fingerprint density at radius 2 is 2.00 bits per heavy atom. The second-order valence-electron chi connectivity index (χ2n) is 4.69. The van der Waals surface area contributed by atoms with E-state index in [4.69, 9.17) is 5.73 Å². The number of nitrogen functional groups attached to an aromatic ring is 1. The molecular formula is C12H18BrN3. The van der Waals surface area contributed by atoms with Gasteiger partial charge in [-0.2, -0.15) is 0 Å². The van der Waals surface area contributed by atoms with E-state index in [1.807, 2.05) is 0 Å². The number of hydrogen-bond acceptors (Lipinski definition) is 3. The summed E-state index contributed by atoms with van der Waals surface area (Å²) in [6, 6.07) is 0.553. The van der Waals surface area contributed by atoms with Crippen LogP contribution in [-0.4, -0.2) is 11.0 Å². The molecule has 16 heavy (non-hydrogen) atoms. The first-order chi connectivity index (χ1) is 7.66. The first kappa shape index (κ1) is 11.7. The van der Waals surface area contributed by atoms with Crippen molar-refractivity contribution in [1.29, 1.82) is 0 Å². The largest absolute Gasteiger partial charge is 0.396 e. The van der Waals surface area contributed by atoms with Crippen molar-refractivity contribution in [2.45, 2.75) is 38.6 Å². The van der Waals surface area contributed by atoms with Gasteiger partial charge in [0.2, 0.25) is 0 Å². The van der Waals surface area contributed by atoms with Crippen molar-refractivity contribution in [3.8, 4) is 0 Å². The molecule has 4 heteroatoms. The summed E-state index contributed by atoms with van der Waals surface area (Å²) >= 11 is 3.48. The number of nitrogens with one attached hydrogen (secondary N) is 1. The van der Waals surface area contributed by atoms with Gasteiger partial charge < -0.3 is 11.1 Å². The van der Waals surface area contributed by atoms with Gasteiger partial charge in [-0.25, -0.2) is 0 Å². The first-order valence-corrected chi connectivity index (χ1v) is 6.61. The SMILES string of the molecule is CC1CCC(Nc2c(N)cncc2Br)CC1. The Labute approximate surface area is 105 Å². The molecule has 3 N–H and O–H groups in total. The van der Waals surface area contributed by atoms with E-state index in [0.29, 0.717) is 11.7 Å². The van der Waals surface area contributed by atoms with Crippen molar-refractivity contribution in [2.24, 2.45) is 5.92 Å². The summed E-state index contributed by atoms with van der Waals surface area (Å²) in [5.74, 6) is 0.872. The van der Waals surface area contributed by atoms with Gasteiger partial charge in [-0.1, -0.05) is 6.92 Å². The van der Waals surface area contributed by atoms with Crippen molar-refractivity contribution in [3.05, 3.63) is 16.9 Å². The number of aromatic nitrogens is 1. The number of rotatable bonds is 2. The highest BCUT2D eigenvalue weighted by Crippen LogP contribution is 2.31. The minimum atomic E-state index is 0.553. The lowest BCUT2D eigenvalue weighted by Crippen LogP contribution is -2.25. The summed E-state index contributed by atoms with van der Waals surface area (Å²) < 4.78 is 0.950. The van der Waals surface area contributed by atoms with Crippen molar-refractivity contribution in [2.75, 3.05) is 11.1 Å². The summed E-state index contributed by atoms with van der Waals surface area (Å²) in [6.45, 7) is 2.33. The second kappa shape index (κ2) is 5.04. The Hall–Kier alpha value is -0.770. The Morgan fingerprint density at radius 1 is 1.31 bits per heavy atom. The molecule has 2 rings (SSSR count). The Morgan fingerprint density at radius 3 is 2.62 bits per heavy atom. The number of nitrogens with two attached hydrogens (primary N) is 1. The van der Waals surface area contributed by atoms with E-state index in [0.717, 1.165) is 16.1 Å². The van der Waals surface area contributed by atoms with Crippen LogP contribution in [0.2, 0.25) is 0 Å². The standard InChI is InChI=1S/C12H18BrN3/c1-8-2-4-9(5-3-8)16-12-10(13)6-15-7-11(12)14/h6-9H,2-5,14H2,1H3,(H,15,16). The third-order valence-electron chi connectivity index (χ3n) is 3.29. The van der Waals surface area contributed by atoms with Crippen molar-refractivity contribution < 1.29 is 0 Å². The van der Waals surface area contributed by atoms with E-state index in [1.165, 1.54) is 25.7 Å². The molecule has 0 unspecified atom stereocenters. The van der Waals surface area contributed by atoms with E-state index < -0.39 is 0 Å². The van der Waals surface area contributed by atoms with Crippen LogP contribution >= 0.6 is 15.9 Å². The Balaban J connectivity index is 2.04. The zero-order valence-electron chi connectivity index (χ0n) is 9.54. The molecule has 1 fully saturated rings. The summed E-state index contributed by atoms with van der Waals surface area (Å²) in [6.07, 6.45) is 8.55. The molecule has 3 nitrogen and oxygen atoms in total. The van der Waals surface area contributed by atoms with Crippen LogP contribution < -0.4 is 11.1 Å². The molecule has 0 radical (unpaired) electrons. The van der Waals surface area contributed by atoms with Gasteiger partial charge in [0.05, 0.1) is 22.0 Å². The van der Waals surface area contributed by atoms with Crippen molar-refractivity contribution in [3.63, 3.8) is 0 Å². The van der Waals surface area contributed by atoms with Crippen molar-refractivity contribution in [1.82, 2.24) is 4.98 Å². The van der Waals surface area contributed by atoms with Gasteiger partial charge in [0.1, 0.15) is 0 Å². The fraction of sp³-hybridized carbons (Fsp3) is 0.583. The molecule has 0 atom stereocenters. The normalized spacial score (nSPS) is 25.4. The molecule has 0 spiro atoms. The average Bonchev–Trinajstić information content (AvgIpc) is 2.26. The Kier molecular flexibility index (Phi) is 3.69. The third kappa shape index (κ3) is 2.67. The molecule has 1 aromatic rings. The topological polar surface area (TPSA) is 50.9 Å². The maximum Gasteiger partial charge on any atom is 0.0752 e. The highest BCUT2D eigenvalue weighted by atomic mass is 79.9.